The molecule has 1 fully saturated rings. The van der Waals surface area contributed by atoms with Gasteiger partial charge in [-0.25, -0.2) is 0 Å². The highest BCUT2D eigenvalue weighted by Crippen LogP contribution is 2.33. The van der Waals surface area contributed by atoms with Crippen molar-refractivity contribution in [1.82, 2.24) is 0 Å². The lowest BCUT2D eigenvalue weighted by Gasteiger charge is -2.46. The molecule has 1 saturated heterocycles. The highest BCUT2D eigenvalue weighted by Gasteiger charge is 2.48. The summed E-state index contributed by atoms with van der Waals surface area (Å²) in [4.78, 5) is 0. The predicted octanol–water partition coefficient (Wildman–Crippen LogP) is 7.46. The van der Waals surface area contributed by atoms with Crippen molar-refractivity contribution in [3.63, 3.8) is 0 Å². The van der Waals surface area contributed by atoms with E-state index in [4.69, 9.17) is 23.7 Å². The number of rotatable bonds is 16. The molecule has 1 aliphatic heterocycles. The Bertz CT molecular complexity index is 1620. The van der Waals surface area contributed by atoms with E-state index in [1.807, 2.05) is 91.0 Å². The van der Waals surface area contributed by atoms with Crippen LogP contribution in [0.2, 0.25) is 0 Å². The average molecular weight is 645 g/mol. The lowest BCUT2D eigenvalue weighted by molar-refractivity contribution is -0.272. The molecule has 1 aliphatic rings. The smallest absolute Gasteiger partial charge is 0.115 e. The Kier molecular flexibility index (Phi) is 12.6. The fourth-order valence-electron chi connectivity index (χ4n) is 6.14. The van der Waals surface area contributed by atoms with Crippen LogP contribution in [0.4, 0.5) is 0 Å². The van der Waals surface area contributed by atoms with E-state index in [1.54, 1.807) is 0 Å². The van der Waals surface area contributed by atoms with Gasteiger partial charge in [-0.3, -0.25) is 0 Å². The number of hydrogen-bond acceptors (Lipinski definition) is 6. The Hall–Kier alpha value is -4.14. The lowest BCUT2D eigenvalue weighted by atomic mass is 9.90. The standard InChI is InChI=1S/C42H44O6/c43-26-37-23-13-22-36(24-37)25-38-40(45-28-33-16-7-2-8-17-33)42(47-30-35-20-11-4-12-21-35)41(46-29-34-18-9-3-10-19-34)39(48-38)31-44-27-32-14-5-1-6-15-32/h1-24,38-43H,25-31H2/t38-,39+,40-,41+,42+/m0/s1. The zero-order chi connectivity index (χ0) is 32.8. The van der Waals surface area contributed by atoms with Crippen molar-refractivity contribution in [1.29, 1.82) is 0 Å². The van der Waals surface area contributed by atoms with Crippen molar-refractivity contribution in [2.45, 2.75) is 70.0 Å². The monoisotopic (exact) mass is 644 g/mol. The van der Waals surface area contributed by atoms with Gasteiger partial charge < -0.3 is 28.8 Å². The van der Waals surface area contributed by atoms with Crippen LogP contribution < -0.4 is 0 Å². The Morgan fingerprint density at radius 1 is 0.438 bits per heavy atom. The Labute approximate surface area is 283 Å². The Balaban J connectivity index is 1.32. The molecule has 0 aliphatic carbocycles. The summed E-state index contributed by atoms with van der Waals surface area (Å²) in [5.74, 6) is 0. The van der Waals surface area contributed by atoms with Gasteiger partial charge in [-0.2, -0.15) is 0 Å². The molecular formula is C42H44O6. The van der Waals surface area contributed by atoms with Gasteiger partial charge in [-0.15, -0.1) is 0 Å². The zero-order valence-electron chi connectivity index (χ0n) is 27.2. The quantitative estimate of drug-likeness (QED) is 0.120. The third-order valence-corrected chi connectivity index (χ3v) is 8.59. The molecule has 248 valence electrons. The molecule has 6 rings (SSSR count). The van der Waals surface area contributed by atoms with Crippen molar-refractivity contribution < 1.29 is 28.8 Å². The van der Waals surface area contributed by atoms with Crippen LogP contribution in [-0.4, -0.2) is 42.2 Å². The predicted molar refractivity (Wildman–Crippen MR) is 186 cm³/mol. The fourth-order valence-corrected chi connectivity index (χ4v) is 6.14. The normalized spacial score (nSPS) is 20.8. The largest absolute Gasteiger partial charge is 0.392 e. The summed E-state index contributed by atoms with van der Waals surface area (Å²) in [6, 6.07) is 48.6. The van der Waals surface area contributed by atoms with Crippen LogP contribution in [0.1, 0.15) is 33.4 Å². The van der Waals surface area contributed by atoms with Crippen LogP contribution in [0.15, 0.2) is 146 Å². The van der Waals surface area contributed by atoms with Crippen LogP contribution in [0, 0.1) is 0 Å². The third kappa shape index (κ3) is 9.70. The molecule has 5 atom stereocenters. The fraction of sp³-hybridized carbons (Fsp3) is 0.286. The summed E-state index contributed by atoms with van der Waals surface area (Å²) in [5, 5.41) is 9.86. The summed E-state index contributed by atoms with van der Waals surface area (Å²) < 4.78 is 33.7. The molecule has 0 spiro atoms. The molecule has 5 aromatic rings. The summed E-state index contributed by atoms with van der Waals surface area (Å²) in [7, 11) is 0. The van der Waals surface area contributed by atoms with E-state index in [0.717, 1.165) is 33.4 Å². The van der Waals surface area contributed by atoms with Gasteiger partial charge in [-0.05, 0) is 33.4 Å². The van der Waals surface area contributed by atoms with Gasteiger partial charge in [-0.1, -0.05) is 146 Å². The highest BCUT2D eigenvalue weighted by molar-refractivity contribution is 5.24. The SMILES string of the molecule is OCc1cccc(C[C@@H]2O[C@H](COCc3ccccc3)[C@@H](OCc3ccccc3)[C@H](OCc3ccccc3)[C@H]2OCc2ccccc2)c1. The van der Waals surface area contributed by atoms with Gasteiger partial charge in [0, 0.05) is 6.42 Å². The molecule has 48 heavy (non-hydrogen) atoms. The van der Waals surface area contributed by atoms with E-state index < -0.39 is 24.4 Å². The van der Waals surface area contributed by atoms with Crippen molar-refractivity contribution in [2.24, 2.45) is 0 Å². The van der Waals surface area contributed by atoms with Gasteiger partial charge in [0.25, 0.3) is 0 Å². The highest BCUT2D eigenvalue weighted by atomic mass is 16.6. The summed E-state index contributed by atoms with van der Waals surface area (Å²) in [5.41, 5.74) is 6.19. The Morgan fingerprint density at radius 2 is 0.854 bits per heavy atom. The van der Waals surface area contributed by atoms with Crippen molar-refractivity contribution in [3.05, 3.63) is 179 Å². The molecule has 0 radical (unpaired) electrons. The van der Waals surface area contributed by atoms with E-state index >= 15 is 0 Å². The molecule has 6 nitrogen and oxygen atoms in total. The van der Waals surface area contributed by atoms with Gasteiger partial charge in [0.05, 0.1) is 45.7 Å². The lowest BCUT2D eigenvalue weighted by Crippen LogP contribution is -2.61. The number of ether oxygens (including phenoxy) is 5. The molecule has 0 saturated carbocycles. The van der Waals surface area contributed by atoms with E-state index in [0.29, 0.717) is 39.5 Å². The number of aliphatic hydroxyl groups excluding tert-OH is 1. The maximum absolute atomic E-state index is 9.86. The third-order valence-electron chi connectivity index (χ3n) is 8.59. The molecular weight excluding hydrogens is 600 g/mol. The minimum absolute atomic E-state index is 0.0263. The van der Waals surface area contributed by atoms with Gasteiger partial charge in [0.15, 0.2) is 0 Å². The van der Waals surface area contributed by atoms with Gasteiger partial charge in [0.2, 0.25) is 0 Å². The second-order valence-corrected chi connectivity index (χ2v) is 12.2. The van der Waals surface area contributed by atoms with Gasteiger partial charge in [0.1, 0.15) is 24.4 Å². The summed E-state index contributed by atoms with van der Waals surface area (Å²) in [6.07, 6.45) is -1.64. The van der Waals surface area contributed by atoms with E-state index in [1.165, 1.54) is 0 Å². The second kappa shape index (κ2) is 17.9. The molecule has 0 unspecified atom stereocenters. The maximum atomic E-state index is 9.86. The number of aliphatic hydroxyl groups is 1. The van der Waals surface area contributed by atoms with Crippen molar-refractivity contribution in [2.75, 3.05) is 6.61 Å². The first-order valence-electron chi connectivity index (χ1n) is 16.7. The molecule has 0 amide bonds. The number of benzene rings is 5. The summed E-state index contributed by atoms with van der Waals surface area (Å²) in [6.45, 7) is 1.93. The minimum atomic E-state index is -0.481. The van der Waals surface area contributed by atoms with Crippen LogP contribution >= 0.6 is 0 Å². The maximum Gasteiger partial charge on any atom is 0.115 e. The van der Waals surface area contributed by atoms with Crippen LogP contribution in [0.3, 0.4) is 0 Å². The first-order chi connectivity index (χ1) is 23.7. The molecule has 6 heteroatoms. The van der Waals surface area contributed by atoms with E-state index in [9.17, 15) is 5.11 Å². The molecule has 1 N–H and O–H groups in total. The molecule has 0 aromatic heterocycles. The number of hydrogen-bond donors (Lipinski definition) is 1. The van der Waals surface area contributed by atoms with Crippen LogP contribution in [0.5, 0.6) is 0 Å². The first-order valence-corrected chi connectivity index (χ1v) is 16.7. The molecule has 1 heterocycles. The molecule has 5 aromatic carbocycles. The van der Waals surface area contributed by atoms with E-state index in [-0.39, 0.29) is 12.7 Å². The summed E-state index contributed by atoms with van der Waals surface area (Å²) >= 11 is 0. The molecule has 0 bridgehead atoms. The van der Waals surface area contributed by atoms with Crippen LogP contribution in [-0.2, 0) is 63.1 Å². The topological polar surface area (TPSA) is 66.4 Å². The second-order valence-electron chi connectivity index (χ2n) is 12.2. The van der Waals surface area contributed by atoms with Crippen molar-refractivity contribution >= 4 is 0 Å². The average Bonchev–Trinajstić information content (AvgIpc) is 3.15. The first kappa shape index (κ1) is 33.7. The van der Waals surface area contributed by atoms with Crippen molar-refractivity contribution in [3.8, 4) is 0 Å². The van der Waals surface area contributed by atoms with Crippen LogP contribution in [0.25, 0.3) is 0 Å². The minimum Gasteiger partial charge on any atom is -0.392 e. The zero-order valence-corrected chi connectivity index (χ0v) is 27.2. The van der Waals surface area contributed by atoms with E-state index in [2.05, 4.69) is 54.6 Å². The Morgan fingerprint density at radius 3 is 1.35 bits per heavy atom. The van der Waals surface area contributed by atoms with Gasteiger partial charge >= 0.3 is 0 Å².